The SMILES string of the molecule is C=C(C)C(=O)OCc1cccc2nn(-c3ccccc3)nc12. The van der Waals surface area contributed by atoms with Crippen LogP contribution >= 0.6 is 0 Å². The fraction of sp³-hybridized carbons (Fsp3) is 0.118. The lowest BCUT2D eigenvalue weighted by Gasteiger charge is -2.04. The summed E-state index contributed by atoms with van der Waals surface area (Å²) in [5.41, 5.74) is 3.55. The van der Waals surface area contributed by atoms with Gasteiger partial charge in [0.05, 0.1) is 5.69 Å². The van der Waals surface area contributed by atoms with E-state index >= 15 is 0 Å². The van der Waals surface area contributed by atoms with Gasteiger partial charge in [0.15, 0.2) is 0 Å². The zero-order valence-electron chi connectivity index (χ0n) is 12.2. The first kappa shape index (κ1) is 14.0. The zero-order valence-corrected chi connectivity index (χ0v) is 12.2. The number of esters is 1. The molecule has 5 heteroatoms. The van der Waals surface area contributed by atoms with Gasteiger partial charge in [0.25, 0.3) is 0 Å². The monoisotopic (exact) mass is 293 g/mol. The number of ether oxygens (including phenoxy) is 1. The zero-order chi connectivity index (χ0) is 15.5. The average Bonchev–Trinajstić information content (AvgIpc) is 2.98. The fourth-order valence-electron chi connectivity index (χ4n) is 2.05. The van der Waals surface area contributed by atoms with Crippen molar-refractivity contribution in [3.63, 3.8) is 0 Å². The van der Waals surface area contributed by atoms with E-state index in [4.69, 9.17) is 4.74 Å². The molecule has 0 fully saturated rings. The number of hydrogen-bond acceptors (Lipinski definition) is 4. The minimum atomic E-state index is -0.410. The van der Waals surface area contributed by atoms with E-state index in [0.717, 1.165) is 22.3 Å². The number of hydrogen-bond donors (Lipinski definition) is 0. The van der Waals surface area contributed by atoms with Gasteiger partial charge >= 0.3 is 5.97 Å². The van der Waals surface area contributed by atoms with Gasteiger partial charge < -0.3 is 4.74 Å². The van der Waals surface area contributed by atoms with Crippen LogP contribution in [0.2, 0.25) is 0 Å². The van der Waals surface area contributed by atoms with Crippen molar-refractivity contribution in [2.75, 3.05) is 0 Å². The number of benzene rings is 2. The first-order valence-corrected chi connectivity index (χ1v) is 6.88. The largest absolute Gasteiger partial charge is 0.457 e. The molecule has 0 saturated heterocycles. The van der Waals surface area contributed by atoms with E-state index in [0.29, 0.717) is 5.57 Å². The van der Waals surface area contributed by atoms with Crippen LogP contribution in [-0.4, -0.2) is 21.0 Å². The summed E-state index contributed by atoms with van der Waals surface area (Å²) in [6, 6.07) is 15.3. The van der Waals surface area contributed by atoms with Crippen molar-refractivity contribution in [1.82, 2.24) is 15.0 Å². The lowest BCUT2D eigenvalue weighted by Crippen LogP contribution is -2.05. The fourth-order valence-corrected chi connectivity index (χ4v) is 2.05. The van der Waals surface area contributed by atoms with E-state index in [2.05, 4.69) is 16.8 Å². The lowest BCUT2D eigenvalue weighted by molar-refractivity contribution is -0.140. The van der Waals surface area contributed by atoms with Crippen molar-refractivity contribution in [2.45, 2.75) is 13.5 Å². The summed E-state index contributed by atoms with van der Waals surface area (Å²) in [6.45, 7) is 5.34. The molecule has 0 radical (unpaired) electrons. The third-order valence-corrected chi connectivity index (χ3v) is 3.19. The topological polar surface area (TPSA) is 57.0 Å². The molecule has 0 N–H and O–H groups in total. The van der Waals surface area contributed by atoms with Crippen molar-refractivity contribution >= 4 is 17.0 Å². The summed E-state index contributed by atoms with van der Waals surface area (Å²) in [7, 11) is 0. The van der Waals surface area contributed by atoms with Crippen LogP contribution in [0.5, 0.6) is 0 Å². The molecule has 1 aromatic heterocycles. The number of carbonyl (C=O) groups is 1. The van der Waals surface area contributed by atoms with Gasteiger partial charge in [-0.15, -0.1) is 10.2 Å². The van der Waals surface area contributed by atoms with Gasteiger partial charge in [0.2, 0.25) is 0 Å². The molecule has 0 atom stereocenters. The van der Waals surface area contributed by atoms with Crippen molar-refractivity contribution in [2.24, 2.45) is 0 Å². The first-order valence-electron chi connectivity index (χ1n) is 6.88. The molecule has 3 aromatic rings. The maximum absolute atomic E-state index is 11.5. The minimum absolute atomic E-state index is 0.149. The van der Waals surface area contributed by atoms with E-state index < -0.39 is 5.97 Å². The molecular weight excluding hydrogens is 278 g/mol. The summed E-state index contributed by atoms with van der Waals surface area (Å²) in [4.78, 5) is 13.1. The second-order valence-electron chi connectivity index (χ2n) is 4.97. The Hall–Kier alpha value is -2.95. The molecule has 0 aliphatic heterocycles. The number of rotatable bonds is 4. The number of aromatic nitrogens is 3. The van der Waals surface area contributed by atoms with Gasteiger partial charge in [-0.1, -0.05) is 36.9 Å². The number of carbonyl (C=O) groups excluding carboxylic acids is 1. The predicted molar refractivity (Wildman–Crippen MR) is 83.5 cm³/mol. The Morgan fingerprint density at radius 1 is 1.14 bits per heavy atom. The van der Waals surface area contributed by atoms with Crippen LogP contribution in [0.4, 0.5) is 0 Å². The summed E-state index contributed by atoms with van der Waals surface area (Å²) in [5, 5.41) is 8.95. The molecule has 3 rings (SSSR count). The molecular formula is C17H15N3O2. The highest BCUT2D eigenvalue weighted by Crippen LogP contribution is 2.18. The molecule has 0 bridgehead atoms. The third kappa shape index (κ3) is 2.74. The van der Waals surface area contributed by atoms with Crippen LogP contribution in [0.3, 0.4) is 0 Å². The molecule has 110 valence electrons. The van der Waals surface area contributed by atoms with Crippen LogP contribution < -0.4 is 0 Å². The first-order chi connectivity index (χ1) is 10.6. The van der Waals surface area contributed by atoms with Crippen molar-refractivity contribution in [3.05, 3.63) is 66.2 Å². The van der Waals surface area contributed by atoms with Crippen LogP contribution in [0, 0.1) is 0 Å². The van der Waals surface area contributed by atoms with E-state index in [1.54, 1.807) is 11.7 Å². The Morgan fingerprint density at radius 2 is 1.91 bits per heavy atom. The minimum Gasteiger partial charge on any atom is -0.457 e. The summed E-state index contributed by atoms with van der Waals surface area (Å²) >= 11 is 0. The van der Waals surface area contributed by atoms with Crippen molar-refractivity contribution in [3.8, 4) is 5.69 Å². The lowest BCUT2D eigenvalue weighted by atomic mass is 10.2. The predicted octanol–water partition coefficient (Wildman–Crippen LogP) is 3.04. The summed E-state index contributed by atoms with van der Waals surface area (Å²) in [6.07, 6.45) is 0. The van der Waals surface area contributed by atoms with Crippen LogP contribution in [-0.2, 0) is 16.1 Å². The smallest absolute Gasteiger partial charge is 0.333 e. The van der Waals surface area contributed by atoms with Crippen molar-refractivity contribution < 1.29 is 9.53 Å². The number of nitrogens with zero attached hydrogens (tertiary/aromatic N) is 3. The van der Waals surface area contributed by atoms with Gasteiger partial charge in [-0.2, -0.15) is 4.80 Å². The molecule has 0 amide bonds. The maximum Gasteiger partial charge on any atom is 0.333 e. The Kier molecular flexibility index (Phi) is 3.70. The summed E-state index contributed by atoms with van der Waals surface area (Å²) < 4.78 is 5.20. The molecule has 22 heavy (non-hydrogen) atoms. The van der Waals surface area contributed by atoms with Gasteiger partial charge in [-0.25, -0.2) is 4.79 Å². The molecule has 0 aliphatic rings. The Labute approximate surface area is 127 Å². The highest BCUT2D eigenvalue weighted by Gasteiger charge is 2.11. The molecule has 0 unspecified atom stereocenters. The maximum atomic E-state index is 11.5. The third-order valence-electron chi connectivity index (χ3n) is 3.19. The van der Waals surface area contributed by atoms with Crippen molar-refractivity contribution in [1.29, 1.82) is 0 Å². The van der Waals surface area contributed by atoms with Crippen LogP contribution in [0.15, 0.2) is 60.7 Å². The standard InChI is InChI=1S/C17H15N3O2/c1-12(2)17(21)22-11-13-7-6-10-15-16(13)19-20(18-15)14-8-4-3-5-9-14/h3-10H,1,11H2,2H3. The van der Waals surface area contributed by atoms with Gasteiger partial charge in [-0.05, 0) is 25.1 Å². The molecule has 0 saturated carbocycles. The van der Waals surface area contributed by atoms with Gasteiger partial charge in [0.1, 0.15) is 17.6 Å². The molecule has 0 aliphatic carbocycles. The van der Waals surface area contributed by atoms with Gasteiger partial charge in [-0.3, -0.25) is 0 Å². The molecule has 2 aromatic carbocycles. The Morgan fingerprint density at radius 3 is 2.64 bits per heavy atom. The average molecular weight is 293 g/mol. The van der Waals surface area contributed by atoms with E-state index in [9.17, 15) is 4.79 Å². The summed E-state index contributed by atoms with van der Waals surface area (Å²) in [5.74, 6) is -0.410. The molecule has 0 spiro atoms. The normalized spacial score (nSPS) is 10.6. The Bertz CT molecular complexity index is 837. The van der Waals surface area contributed by atoms with E-state index in [-0.39, 0.29) is 6.61 Å². The second kappa shape index (κ2) is 5.81. The number of para-hydroxylation sites is 1. The highest BCUT2D eigenvalue weighted by atomic mass is 16.5. The van der Waals surface area contributed by atoms with E-state index in [1.807, 2.05) is 48.5 Å². The Balaban J connectivity index is 1.94. The highest BCUT2D eigenvalue weighted by molar-refractivity contribution is 5.87. The van der Waals surface area contributed by atoms with E-state index in [1.165, 1.54) is 0 Å². The quantitative estimate of drug-likeness (QED) is 0.548. The van der Waals surface area contributed by atoms with Crippen LogP contribution in [0.1, 0.15) is 12.5 Å². The van der Waals surface area contributed by atoms with Crippen LogP contribution in [0.25, 0.3) is 16.7 Å². The number of fused-ring (bicyclic) bond motifs is 1. The van der Waals surface area contributed by atoms with Gasteiger partial charge in [0, 0.05) is 11.1 Å². The second-order valence-corrected chi connectivity index (χ2v) is 4.97. The molecule has 1 heterocycles. The molecule has 5 nitrogen and oxygen atoms in total.